The van der Waals surface area contributed by atoms with Gasteiger partial charge in [-0.25, -0.2) is 4.98 Å². The Bertz CT molecular complexity index is 1040. The molecule has 136 valence electrons. The molecule has 27 heavy (non-hydrogen) atoms. The fraction of sp³-hybridized carbons (Fsp3) is 0.273. The van der Waals surface area contributed by atoms with Crippen molar-refractivity contribution < 1.29 is 9.53 Å². The number of ether oxygens (including phenoxy) is 1. The number of hydrogen-bond acceptors (Lipinski definition) is 4. The summed E-state index contributed by atoms with van der Waals surface area (Å²) in [6.07, 6.45) is 2.59. The number of hydrogen-bond donors (Lipinski definition) is 0. The second kappa shape index (κ2) is 6.50. The summed E-state index contributed by atoms with van der Waals surface area (Å²) in [5.41, 5.74) is 6.76. The molecular weight excluding hydrogens is 356 g/mol. The fourth-order valence-corrected chi connectivity index (χ4v) is 4.88. The highest BCUT2D eigenvalue weighted by Crippen LogP contribution is 2.40. The quantitative estimate of drug-likeness (QED) is 0.662. The first kappa shape index (κ1) is 16.5. The average Bonchev–Trinajstić information content (AvgIpc) is 3.29. The molecule has 0 saturated carbocycles. The number of aromatic nitrogens is 1. The van der Waals surface area contributed by atoms with Crippen molar-refractivity contribution in [3.8, 4) is 27.6 Å². The molecule has 2 aromatic carbocycles. The van der Waals surface area contributed by atoms with Gasteiger partial charge >= 0.3 is 0 Å². The molecule has 3 heterocycles. The smallest absolute Gasteiger partial charge is 0.231 e. The molecule has 0 spiro atoms. The summed E-state index contributed by atoms with van der Waals surface area (Å²) < 4.78 is 5.61. The van der Waals surface area contributed by atoms with Gasteiger partial charge in [-0.1, -0.05) is 12.1 Å². The van der Waals surface area contributed by atoms with Gasteiger partial charge in [0, 0.05) is 23.1 Å². The van der Waals surface area contributed by atoms with Gasteiger partial charge in [-0.05, 0) is 55.2 Å². The van der Waals surface area contributed by atoms with E-state index in [-0.39, 0.29) is 5.91 Å². The minimum absolute atomic E-state index is 0.231. The maximum Gasteiger partial charge on any atom is 0.231 e. The fourth-order valence-electron chi connectivity index (χ4n) is 4.05. The summed E-state index contributed by atoms with van der Waals surface area (Å²) in [4.78, 5) is 19.1. The molecule has 5 rings (SSSR count). The second-order valence-electron chi connectivity index (χ2n) is 6.97. The minimum Gasteiger partial charge on any atom is -0.494 e. The maximum atomic E-state index is 12.3. The lowest BCUT2D eigenvalue weighted by molar-refractivity contribution is -0.117. The third-order valence-corrected chi connectivity index (χ3v) is 6.09. The van der Waals surface area contributed by atoms with E-state index < -0.39 is 0 Å². The summed E-state index contributed by atoms with van der Waals surface area (Å²) in [6.45, 7) is 3.50. The van der Waals surface area contributed by atoms with E-state index in [1.807, 2.05) is 30.0 Å². The van der Waals surface area contributed by atoms with Crippen LogP contribution in [0.15, 0.2) is 41.8 Å². The van der Waals surface area contributed by atoms with Crippen LogP contribution in [0.5, 0.6) is 5.75 Å². The Balaban J connectivity index is 1.52. The lowest BCUT2D eigenvalue weighted by Gasteiger charge is -2.25. The van der Waals surface area contributed by atoms with Crippen molar-refractivity contribution in [1.29, 1.82) is 0 Å². The van der Waals surface area contributed by atoms with E-state index >= 15 is 0 Å². The Morgan fingerprint density at radius 1 is 1.19 bits per heavy atom. The highest BCUT2D eigenvalue weighted by atomic mass is 32.1. The maximum absolute atomic E-state index is 12.3. The van der Waals surface area contributed by atoms with Gasteiger partial charge < -0.3 is 9.64 Å². The zero-order valence-electron chi connectivity index (χ0n) is 15.2. The van der Waals surface area contributed by atoms with Crippen molar-refractivity contribution in [3.05, 3.63) is 52.9 Å². The standard InChI is InChI=1S/C22H20N2O2S/c1-2-26-18-7-3-5-15(11-18)22-23-19(13-27-22)16-9-14-6-4-8-24-20(25)12-17(10-16)21(14)24/h3,5,7,9-11,13H,2,4,6,8,12H2,1H3. The van der Waals surface area contributed by atoms with E-state index in [0.29, 0.717) is 13.0 Å². The van der Waals surface area contributed by atoms with Crippen LogP contribution < -0.4 is 9.64 Å². The van der Waals surface area contributed by atoms with E-state index in [4.69, 9.17) is 9.72 Å². The van der Waals surface area contributed by atoms with Gasteiger partial charge in [0.15, 0.2) is 0 Å². The van der Waals surface area contributed by atoms with Crippen molar-refractivity contribution >= 4 is 22.9 Å². The Morgan fingerprint density at radius 2 is 2.07 bits per heavy atom. The Kier molecular flexibility index (Phi) is 3.97. The van der Waals surface area contributed by atoms with Gasteiger partial charge in [-0.3, -0.25) is 4.79 Å². The lowest BCUT2D eigenvalue weighted by Crippen LogP contribution is -2.31. The van der Waals surface area contributed by atoms with Crippen LogP contribution in [-0.4, -0.2) is 24.0 Å². The topological polar surface area (TPSA) is 42.4 Å². The highest BCUT2D eigenvalue weighted by Gasteiger charge is 2.32. The largest absolute Gasteiger partial charge is 0.494 e. The van der Waals surface area contributed by atoms with E-state index in [1.165, 1.54) is 5.56 Å². The van der Waals surface area contributed by atoms with Crippen LogP contribution in [0, 0.1) is 0 Å². The Morgan fingerprint density at radius 3 is 2.96 bits per heavy atom. The summed E-state index contributed by atoms with van der Waals surface area (Å²) in [7, 11) is 0. The Hall–Kier alpha value is -2.66. The van der Waals surface area contributed by atoms with Crippen molar-refractivity contribution in [2.75, 3.05) is 18.1 Å². The molecule has 0 fully saturated rings. The molecule has 3 aromatic rings. The molecule has 4 nitrogen and oxygen atoms in total. The van der Waals surface area contributed by atoms with Crippen LogP contribution in [0.4, 0.5) is 5.69 Å². The highest BCUT2D eigenvalue weighted by molar-refractivity contribution is 7.13. The average molecular weight is 376 g/mol. The molecule has 0 atom stereocenters. The van der Waals surface area contributed by atoms with Crippen molar-refractivity contribution in [2.45, 2.75) is 26.2 Å². The second-order valence-corrected chi connectivity index (χ2v) is 7.83. The monoisotopic (exact) mass is 376 g/mol. The third kappa shape index (κ3) is 2.82. The van der Waals surface area contributed by atoms with Gasteiger partial charge in [0.2, 0.25) is 5.91 Å². The normalized spacial score (nSPS) is 15.1. The summed E-state index contributed by atoms with van der Waals surface area (Å²) in [5.74, 6) is 1.10. The van der Waals surface area contributed by atoms with Crippen molar-refractivity contribution in [3.63, 3.8) is 0 Å². The third-order valence-electron chi connectivity index (χ3n) is 5.20. The summed E-state index contributed by atoms with van der Waals surface area (Å²) in [5, 5.41) is 3.09. The Labute approximate surface area is 162 Å². The SMILES string of the molecule is CCOc1cccc(-c2nc(-c3cc4c5c(c3)CC(=O)N5CCC4)cs2)c1. The number of aryl methyl sites for hydroxylation is 1. The van der Waals surface area contributed by atoms with E-state index in [2.05, 4.69) is 23.6 Å². The molecule has 1 aromatic heterocycles. The number of carbonyl (C=O) groups excluding carboxylic acids is 1. The van der Waals surface area contributed by atoms with E-state index in [9.17, 15) is 4.79 Å². The first-order valence-corrected chi connectivity index (χ1v) is 10.3. The van der Waals surface area contributed by atoms with Crippen LogP contribution in [0.25, 0.3) is 21.8 Å². The molecule has 2 aliphatic heterocycles. The van der Waals surface area contributed by atoms with Crippen molar-refractivity contribution in [2.24, 2.45) is 0 Å². The summed E-state index contributed by atoms with van der Waals surface area (Å²) in [6, 6.07) is 12.4. The molecule has 0 radical (unpaired) electrons. The zero-order valence-corrected chi connectivity index (χ0v) is 16.0. The van der Waals surface area contributed by atoms with Crippen LogP contribution in [0.1, 0.15) is 24.5 Å². The van der Waals surface area contributed by atoms with Gasteiger partial charge in [0.25, 0.3) is 0 Å². The van der Waals surface area contributed by atoms with E-state index in [1.54, 1.807) is 11.3 Å². The molecular formula is C22H20N2O2S. The van der Waals surface area contributed by atoms with E-state index in [0.717, 1.165) is 58.2 Å². The molecule has 1 amide bonds. The van der Waals surface area contributed by atoms with Crippen LogP contribution >= 0.6 is 11.3 Å². The van der Waals surface area contributed by atoms with Gasteiger partial charge in [-0.2, -0.15) is 0 Å². The van der Waals surface area contributed by atoms with Crippen LogP contribution in [0.3, 0.4) is 0 Å². The molecule has 2 aliphatic rings. The van der Waals surface area contributed by atoms with Crippen LogP contribution in [-0.2, 0) is 17.6 Å². The molecule has 0 N–H and O–H groups in total. The minimum atomic E-state index is 0.231. The predicted molar refractivity (Wildman–Crippen MR) is 109 cm³/mol. The number of benzene rings is 2. The molecule has 0 aliphatic carbocycles. The molecule has 0 unspecified atom stereocenters. The van der Waals surface area contributed by atoms with Gasteiger partial charge in [-0.15, -0.1) is 11.3 Å². The zero-order chi connectivity index (χ0) is 18.4. The predicted octanol–water partition coefficient (Wildman–Crippen LogP) is 4.71. The first-order valence-electron chi connectivity index (χ1n) is 9.38. The molecule has 0 bridgehead atoms. The van der Waals surface area contributed by atoms with Gasteiger partial charge in [0.1, 0.15) is 10.8 Å². The number of rotatable bonds is 4. The van der Waals surface area contributed by atoms with Gasteiger partial charge in [0.05, 0.1) is 24.4 Å². The van der Waals surface area contributed by atoms with Crippen molar-refractivity contribution in [1.82, 2.24) is 4.98 Å². The first-order chi connectivity index (χ1) is 13.2. The molecule has 5 heteroatoms. The number of thiazole rings is 1. The lowest BCUT2D eigenvalue weighted by atomic mass is 9.96. The number of amides is 1. The molecule has 0 saturated heterocycles. The number of anilines is 1. The number of carbonyl (C=O) groups is 1. The number of nitrogens with zero attached hydrogens (tertiary/aromatic N) is 2. The summed E-state index contributed by atoms with van der Waals surface area (Å²) >= 11 is 1.64. The van der Waals surface area contributed by atoms with Crippen LogP contribution in [0.2, 0.25) is 0 Å².